The Balaban J connectivity index is 0.000000144. The number of ether oxygens (including phenoxy) is 3. The van der Waals surface area contributed by atoms with Crippen molar-refractivity contribution in [2.75, 3.05) is 66.1 Å². The summed E-state index contributed by atoms with van der Waals surface area (Å²) in [6.45, 7) is 32.9. The summed E-state index contributed by atoms with van der Waals surface area (Å²) >= 11 is 0. The minimum atomic E-state index is -3.47. The number of anilines is 5. The lowest BCUT2D eigenvalue weighted by Crippen LogP contribution is -2.22. The van der Waals surface area contributed by atoms with E-state index in [0.29, 0.717) is 13.4 Å². The van der Waals surface area contributed by atoms with Gasteiger partial charge in [-0.15, -0.1) is 0 Å². The van der Waals surface area contributed by atoms with E-state index >= 15 is 0 Å². The number of hydrogen-bond acceptors (Lipinski definition) is 12. The lowest BCUT2D eigenvalue weighted by atomic mass is 10.0. The van der Waals surface area contributed by atoms with E-state index in [1.807, 2.05) is 170 Å². The maximum Gasteiger partial charge on any atom is 0.242 e. The maximum absolute atomic E-state index is 12.4. The summed E-state index contributed by atoms with van der Waals surface area (Å²) in [6.07, 6.45) is 30.6. The van der Waals surface area contributed by atoms with Crippen molar-refractivity contribution in [1.29, 1.82) is 0 Å². The van der Waals surface area contributed by atoms with Crippen LogP contribution in [0.5, 0.6) is 23.0 Å². The van der Waals surface area contributed by atoms with E-state index in [1.54, 1.807) is 24.3 Å². The number of sulfonamides is 1. The molecule has 0 amide bonds. The molecule has 10 aromatic carbocycles. The summed E-state index contributed by atoms with van der Waals surface area (Å²) in [7, 11) is 3.77. The normalized spacial score (nSPS) is 14.5. The second kappa shape index (κ2) is 38.9. The van der Waals surface area contributed by atoms with Gasteiger partial charge < -0.3 is 48.7 Å². The molecule has 6 aliphatic heterocycles. The smallest absolute Gasteiger partial charge is 0.242 e. The third-order valence-electron chi connectivity index (χ3n) is 19.4. The Morgan fingerprint density at radius 2 is 0.761 bits per heavy atom. The number of fused-ring (bicyclic) bond motifs is 1. The molecule has 0 saturated carbocycles. The van der Waals surface area contributed by atoms with Crippen LogP contribution in [-0.4, -0.2) is 64.3 Å². The number of aryl methyl sites for hydroxylation is 4. The molecular weight excluding hydrogens is 1460 g/mol. The van der Waals surface area contributed by atoms with Crippen molar-refractivity contribution in [3.05, 3.63) is 451 Å². The van der Waals surface area contributed by atoms with Crippen molar-refractivity contribution in [3.63, 3.8) is 0 Å². The number of para-hydroxylation sites is 2. The molecule has 117 heavy (non-hydrogen) atoms. The van der Waals surface area contributed by atoms with Gasteiger partial charge in [0, 0.05) is 120 Å². The third kappa shape index (κ3) is 21.6. The molecule has 0 bridgehead atoms. The van der Waals surface area contributed by atoms with Crippen LogP contribution < -0.4 is 38.7 Å². The molecule has 0 aromatic heterocycles. The topological polar surface area (TPSA) is 105 Å². The SMILES string of the molecule is C.C=C1C=CC(c2ccc(CN(C)C)cc2)=CN1c1cccc(C)c1.C=C1C=CC(c2ccc3c(c2)OCO3)=CN1c1ccccc1.C=C1C=CC(c2cccc(OCC)c2)=CN1c1cccc(C)c1.C=C1C=CC(c2cccc(S(=O)(=O)N(C)C)c2)=CN1c1cccc(C)c1.C=C1C=CC(c2ccccc2O)=CN1c1cccc(C)c1. The number of phenols is 1. The average molecular weight is 1570 g/mol. The zero-order chi connectivity index (χ0) is 82.0. The fourth-order valence-electron chi connectivity index (χ4n) is 13.3. The van der Waals surface area contributed by atoms with Crippen LogP contribution in [-0.2, 0) is 16.6 Å². The fourth-order valence-corrected chi connectivity index (χ4v) is 14.3. The Bertz CT molecular complexity index is 5790. The Morgan fingerprint density at radius 3 is 1.21 bits per heavy atom. The van der Waals surface area contributed by atoms with E-state index in [0.717, 1.165) is 125 Å². The first-order chi connectivity index (χ1) is 55.9. The van der Waals surface area contributed by atoms with Crippen molar-refractivity contribution in [3.8, 4) is 23.0 Å². The van der Waals surface area contributed by atoms with Crippen LogP contribution >= 0.6 is 0 Å². The summed E-state index contributed by atoms with van der Waals surface area (Å²) in [5.41, 5.74) is 26.7. The number of phenolic OH excluding ortho intramolecular Hbond substituents is 1. The molecule has 0 unspecified atom stereocenters. The van der Waals surface area contributed by atoms with Gasteiger partial charge in [-0.2, -0.15) is 0 Å². The number of allylic oxidation sites excluding steroid dienone is 15. The standard InChI is InChI=1S/C22H24N2.C21H22N2O2S.C21H21NO.C19H15NO2.C19H17NO.CH4/c1-17-6-5-7-22(14-17)24-16-21(11-8-18(24)2)20-12-9-19(10-13-20)15-23(3)4;1-16-7-5-9-20(13-16)23-15-19(12-11-17(23)2)18-8-6-10-21(14-18)26(24,25)22(3)4;1-4-23-21-10-6-8-18(14-21)19-12-11-17(3)22(15-19)20-9-5-7-16(2)13-20;1-14-7-8-16(12-20(14)17-5-3-2-4-6-17)15-9-10-18-19(11-15)22-13-21-18;1-14-6-5-7-17(12-14)20-13-16(11-10-15(20)2)18-8-3-4-9-19(18)21;/h5-14,16H,2,15H2,1,3-4H3;5-15H,2H2,1,3-4H3;5-15H,3-4H2,1-2H3;2-12H,1,13H2;3-13,21H,2H2,1H3;1H4. The predicted octanol–water partition coefficient (Wildman–Crippen LogP) is 24.1. The van der Waals surface area contributed by atoms with Crippen molar-refractivity contribution in [2.24, 2.45) is 0 Å². The van der Waals surface area contributed by atoms with Gasteiger partial charge in [-0.3, -0.25) is 0 Å². The number of benzene rings is 10. The molecule has 0 fully saturated rings. The molecule has 0 saturated heterocycles. The molecule has 0 aliphatic carbocycles. The zero-order valence-corrected chi connectivity index (χ0v) is 68.3. The van der Waals surface area contributed by atoms with Gasteiger partial charge in [0.2, 0.25) is 16.8 Å². The predicted molar refractivity (Wildman–Crippen MR) is 491 cm³/mol. The third-order valence-corrected chi connectivity index (χ3v) is 21.3. The number of nitrogens with zero attached hydrogens (tertiary/aromatic N) is 7. The fraction of sp³-hybridized carbons (Fsp3) is 0.126. The van der Waals surface area contributed by atoms with Crippen LogP contribution in [0.2, 0.25) is 0 Å². The highest BCUT2D eigenvalue weighted by molar-refractivity contribution is 7.89. The largest absolute Gasteiger partial charge is 0.507 e. The molecular formula is C103H103N7O6S. The Morgan fingerprint density at radius 1 is 0.385 bits per heavy atom. The lowest BCUT2D eigenvalue weighted by Gasteiger charge is -2.26. The quantitative estimate of drug-likeness (QED) is 0.0996. The molecule has 1 N–H and O–H groups in total. The summed E-state index contributed by atoms with van der Waals surface area (Å²) in [5.74, 6) is 2.77. The number of aromatic hydroxyl groups is 1. The highest BCUT2D eigenvalue weighted by atomic mass is 32.2. The molecule has 6 aliphatic rings. The van der Waals surface area contributed by atoms with Gasteiger partial charge in [-0.05, 0) is 255 Å². The highest BCUT2D eigenvalue weighted by Crippen LogP contribution is 2.39. The highest BCUT2D eigenvalue weighted by Gasteiger charge is 2.23. The molecule has 0 radical (unpaired) electrons. The Labute approximate surface area is 693 Å². The van der Waals surface area contributed by atoms with Crippen LogP contribution in [0.3, 0.4) is 0 Å². The first-order valence-electron chi connectivity index (χ1n) is 38.4. The summed E-state index contributed by atoms with van der Waals surface area (Å²) in [4.78, 5) is 12.9. The molecule has 0 atom stereocenters. The lowest BCUT2D eigenvalue weighted by molar-refractivity contribution is 0.174. The van der Waals surface area contributed by atoms with Crippen molar-refractivity contribution in [1.82, 2.24) is 9.21 Å². The van der Waals surface area contributed by atoms with Gasteiger partial charge >= 0.3 is 0 Å². The number of rotatable bonds is 16. The monoisotopic (exact) mass is 1570 g/mol. The first kappa shape index (κ1) is 84.3. The van der Waals surface area contributed by atoms with E-state index in [1.165, 1.54) is 57.4 Å². The zero-order valence-electron chi connectivity index (χ0n) is 67.4. The molecule has 0 spiro atoms. The molecule has 592 valence electrons. The Hall–Kier alpha value is -13.6. The first-order valence-corrected chi connectivity index (χ1v) is 39.8. The van der Waals surface area contributed by atoms with Crippen LogP contribution in [0.25, 0.3) is 27.9 Å². The van der Waals surface area contributed by atoms with Gasteiger partial charge in [0.1, 0.15) is 11.5 Å². The minimum Gasteiger partial charge on any atom is -0.507 e. The molecule has 10 aromatic rings. The maximum atomic E-state index is 12.4. The summed E-state index contributed by atoms with van der Waals surface area (Å²) in [6, 6.07) is 80.8. The van der Waals surface area contributed by atoms with Crippen molar-refractivity contribution >= 4 is 66.3 Å². The van der Waals surface area contributed by atoms with Crippen LogP contribution in [0.15, 0.2) is 401 Å². The molecule has 16 rings (SSSR count). The number of hydrogen-bond donors (Lipinski definition) is 1. The van der Waals surface area contributed by atoms with Gasteiger partial charge in [0.05, 0.1) is 11.5 Å². The summed E-state index contributed by atoms with van der Waals surface area (Å²) in [5, 5.41) is 10.0. The van der Waals surface area contributed by atoms with Crippen LogP contribution in [0.1, 0.15) is 70.0 Å². The van der Waals surface area contributed by atoms with Gasteiger partial charge in [-0.1, -0.05) is 210 Å². The molecule has 13 nitrogen and oxygen atoms in total. The van der Waals surface area contributed by atoms with E-state index < -0.39 is 10.0 Å². The van der Waals surface area contributed by atoms with E-state index in [4.69, 9.17) is 14.2 Å². The van der Waals surface area contributed by atoms with E-state index in [2.05, 4.69) is 252 Å². The van der Waals surface area contributed by atoms with Crippen molar-refractivity contribution in [2.45, 2.75) is 53.5 Å². The van der Waals surface area contributed by atoms with Gasteiger partial charge in [-0.25, -0.2) is 12.7 Å². The van der Waals surface area contributed by atoms with Crippen molar-refractivity contribution < 1.29 is 27.7 Å². The second-order valence-corrected chi connectivity index (χ2v) is 31.0. The minimum absolute atomic E-state index is 0. The van der Waals surface area contributed by atoms with Gasteiger partial charge in [0.15, 0.2) is 11.5 Å². The van der Waals surface area contributed by atoms with Crippen LogP contribution in [0, 0.1) is 27.7 Å². The average Bonchev–Trinajstić information content (AvgIpc) is 1.43. The van der Waals surface area contributed by atoms with Crippen LogP contribution in [0.4, 0.5) is 28.4 Å². The molecule has 6 heterocycles. The van der Waals surface area contributed by atoms with E-state index in [-0.39, 0.29) is 18.1 Å². The summed E-state index contributed by atoms with van der Waals surface area (Å²) < 4.78 is 42.5. The van der Waals surface area contributed by atoms with Gasteiger partial charge in [0.25, 0.3) is 0 Å². The molecule has 14 heteroatoms. The Kier molecular flexibility index (Phi) is 28.0. The van der Waals surface area contributed by atoms with E-state index in [9.17, 15) is 13.5 Å². The second-order valence-electron chi connectivity index (χ2n) is 28.9.